The first kappa shape index (κ1) is 19.9. The van der Waals surface area contributed by atoms with E-state index in [0.717, 1.165) is 39.5 Å². The summed E-state index contributed by atoms with van der Waals surface area (Å²) in [5.41, 5.74) is 0.481. The lowest BCUT2D eigenvalue weighted by atomic mass is 10.1. The molecule has 2 fully saturated rings. The number of hydrogen-bond donors (Lipinski definition) is 1. The third-order valence-corrected chi connectivity index (χ3v) is 6.57. The van der Waals surface area contributed by atoms with E-state index in [1.54, 1.807) is 11.0 Å². The Labute approximate surface area is 182 Å². The molecule has 9 heteroatoms. The molecule has 2 aliphatic rings. The molecule has 26 heavy (non-hydrogen) atoms. The van der Waals surface area contributed by atoms with Gasteiger partial charge in [-0.25, -0.2) is 0 Å². The van der Waals surface area contributed by atoms with E-state index in [0.29, 0.717) is 22.2 Å². The molecule has 6 nitrogen and oxygen atoms in total. The lowest BCUT2D eigenvalue weighted by molar-refractivity contribution is -0.136. The number of amides is 3. The molecule has 1 N–H and O–H groups in total. The van der Waals surface area contributed by atoms with Crippen molar-refractivity contribution < 1.29 is 19.5 Å². The zero-order valence-electron chi connectivity index (χ0n) is 13.7. The Bertz CT molecular complexity index is 806. The molecule has 2 saturated heterocycles. The summed E-state index contributed by atoms with van der Waals surface area (Å²) in [6, 6.07) is 3.56. The maximum atomic E-state index is 12.6. The van der Waals surface area contributed by atoms with Crippen LogP contribution in [0.25, 0.3) is 6.08 Å². The van der Waals surface area contributed by atoms with Gasteiger partial charge in [-0.15, -0.1) is 0 Å². The van der Waals surface area contributed by atoms with Crippen LogP contribution in [0.2, 0.25) is 0 Å². The quantitative estimate of drug-likeness (QED) is 0.425. The zero-order valence-corrected chi connectivity index (χ0v) is 18.8. The van der Waals surface area contributed by atoms with Crippen molar-refractivity contribution >= 4 is 80.1 Å². The monoisotopic (exact) mass is 598 g/mol. The lowest BCUT2D eigenvalue weighted by Gasteiger charge is -2.27. The Kier molecular flexibility index (Phi) is 6.49. The molecule has 1 aromatic carbocycles. The summed E-state index contributed by atoms with van der Waals surface area (Å²) in [7, 11) is 0. The molecule has 3 amide bonds. The van der Waals surface area contributed by atoms with E-state index in [2.05, 4.69) is 22.6 Å². The fourth-order valence-electron chi connectivity index (χ4n) is 2.85. The average molecular weight is 598 g/mol. The van der Waals surface area contributed by atoms with Crippen molar-refractivity contribution in [3.63, 3.8) is 0 Å². The molecule has 0 unspecified atom stereocenters. The van der Waals surface area contributed by atoms with Gasteiger partial charge in [-0.3, -0.25) is 19.3 Å². The van der Waals surface area contributed by atoms with Crippen molar-refractivity contribution in [2.45, 2.75) is 19.3 Å². The van der Waals surface area contributed by atoms with Gasteiger partial charge in [0.2, 0.25) is 5.91 Å². The van der Waals surface area contributed by atoms with Crippen LogP contribution in [0.15, 0.2) is 17.0 Å². The second-order valence-electron chi connectivity index (χ2n) is 6.03. The normalized spacial score (nSPS) is 19.5. The zero-order chi connectivity index (χ0) is 18.8. The molecule has 138 valence electrons. The number of halogens is 2. The number of thioether (sulfide) groups is 1. The minimum atomic E-state index is -0.487. The third kappa shape index (κ3) is 4.35. The highest BCUT2D eigenvalue weighted by atomic mass is 127. The van der Waals surface area contributed by atoms with Crippen LogP contribution in [0.1, 0.15) is 24.8 Å². The number of carbonyl (C=O) groups is 3. The number of nitrogens with zero attached hydrogens (tertiary/aromatic N) is 2. The maximum absolute atomic E-state index is 12.6. The number of benzene rings is 1. The molecule has 0 bridgehead atoms. The number of phenols is 1. The highest BCUT2D eigenvalue weighted by molar-refractivity contribution is 14.1. The molecule has 2 heterocycles. The Hall–Kier alpha value is -0.820. The van der Waals surface area contributed by atoms with Gasteiger partial charge in [-0.1, -0.05) is 0 Å². The highest BCUT2D eigenvalue weighted by Gasteiger charge is 2.37. The topological polar surface area (TPSA) is 77.9 Å². The van der Waals surface area contributed by atoms with Gasteiger partial charge in [0.25, 0.3) is 11.1 Å². The summed E-state index contributed by atoms with van der Waals surface area (Å²) in [5, 5.41) is 9.73. The molecule has 0 spiro atoms. The summed E-state index contributed by atoms with van der Waals surface area (Å²) < 4.78 is 1.58. The van der Waals surface area contributed by atoms with E-state index in [-0.39, 0.29) is 23.1 Å². The van der Waals surface area contributed by atoms with E-state index >= 15 is 0 Å². The summed E-state index contributed by atoms with van der Waals surface area (Å²) in [6.45, 7) is 1.14. The number of piperidine rings is 1. The number of carbonyl (C=O) groups excluding carboxylic acids is 3. The average Bonchev–Trinajstić information content (AvgIpc) is 2.87. The number of likely N-dealkylation sites (tertiary alicyclic amines) is 1. The van der Waals surface area contributed by atoms with Gasteiger partial charge in [-0.2, -0.15) is 0 Å². The van der Waals surface area contributed by atoms with Crippen molar-refractivity contribution in [2.75, 3.05) is 19.6 Å². The maximum Gasteiger partial charge on any atom is 0.294 e. The number of rotatable bonds is 3. The summed E-state index contributed by atoms with van der Waals surface area (Å²) in [4.78, 5) is 40.1. The minimum absolute atomic E-state index is 0.0715. The van der Waals surface area contributed by atoms with Crippen LogP contribution in [0, 0.1) is 7.14 Å². The van der Waals surface area contributed by atoms with Crippen LogP contribution < -0.4 is 0 Å². The van der Waals surface area contributed by atoms with Crippen molar-refractivity contribution in [3.05, 3.63) is 29.7 Å². The third-order valence-electron chi connectivity index (χ3n) is 4.22. The van der Waals surface area contributed by atoms with Crippen LogP contribution >= 0.6 is 56.9 Å². The Morgan fingerprint density at radius 2 is 1.88 bits per heavy atom. The second kappa shape index (κ2) is 8.46. The standard InChI is InChI=1S/C17H16I2N2O4S/c18-11-6-10(15(23)12(19)8-11)7-13-16(24)21(17(25)26-13)9-14(22)20-4-2-1-3-5-20/h6-8,23H,1-5,9H2/b13-7-. The Balaban J connectivity index is 1.77. The van der Waals surface area contributed by atoms with E-state index < -0.39 is 11.1 Å². The van der Waals surface area contributed by atoms with Gasteiger partial charge in [0.1, 0.15) is 12.3 Å². The minimum Gasteiger partial charge on any atom is -0.506 e. The molecule has 0 radical (unpaired) electrons. The molecule has 0 aromatic heterocycles. The largest absolute Gasteiger partial charge is 0.506 e. The van der Waals surface area contributed by atoms with Crippen molar-refractivity contribution in [3.8, 4) is 5.75 Å². The van der Waals surface area contributed by atoms with Crippen LogP contribution in [-0.2, 0) is 9.59 Å². The summed E-state index contributed by atoms with van der Waals surface area (Å²) in [6.07, 6.45) is 4.53. The fourth-order valence-corrected chi connectivity index (χ4v) is 5.57. The SMILES string of the molecule is O=C(CN1C(=O)S/C(=C\c2cc(I)cc(I)c2O)C1=O)N1CCCCC1. The van der Waals surface area contributed by atoms with E-state index in [4.69, 9.17) is 0 Å². The molecule has 0 saturated carbocycles. The van der Waals surface area contributed by atoms with Gasteiger partial charge in [0, 0.05) is 22.2 Å². The first-order chi connectivity index (χ1) is 12.4. The van der Waals surface area contributed by atoms with Crippen molar-refractivity contribution in [2.24, 2.45) is 0 Å². The Morgan fingerprint density at radius 3 is 2.58 bits per heavy atom. The first-order valence-electron chi connectivity index (χ1n) is 8.08. The molecule has 2 aliphatic heterocycles. The van der Waals surface area contributed by atoms with Crippen molar-refractivity contribution in [1.29, 1.82) is 0 Å². The number of phenolic OH excluding ortho intramolecular Hbond substituents is 1. The number of imide groups is 1. The number of aromatic hydroxyl groups is 1. The van der Waals surface area contributed by atoms with Gasteiger partial charge in [0.05, 0.1) is 8.48 Å². The predicted molar refractivity (Wildman–Crippen MR) is 117 cm³/mol. The molecule has 0 atom stereocenters. The molecule has 1 aromatic rings. The predicted octanol–water partition coefficient (Wildman–Crippen LogP) is 3.65. The first-order valence-corrected chi connectivity index (χ1v) is 11.1. The number of hydrogen-bond acceptors (Lipinski definition) is 5. The van der Waals surface area contributed by atoms with Crippen molar-refractivity contribution in [1.82, 2.24) is 9.80 Å². The van der Waals surface area contributed by atoms with E-state index in [1.165, 1.54) is 6.08 Å². The lowest BCUT2D eigenvalue weighted by Crippen LogP contribution is -2.44. The summed E-state index contributed by atoms with van der Waals surface area (Å²) in [5.74, 6) is -0.610. The molecular weight excluding hydrogens is 582 g/mol. The summed E-state index contributed by atoms with van der Waals surface area (Å²) >= 11 is 4.93. The van der Waals surface area contributed by atoms with Gasteiger partial charge >= 0.3 is 0 Å². The van der Waals surface area contributed by atoms with Crippen LogP contribution in [0.5, 0.6) is 5.75 Å². The van der Waals surface area contributed by atoms with Crippen LogP contribution in [0.3, 0.4) is 0 Å². The van der Waals surface area contributed by atoms with Gasteiger partial charge in [0.15, 0.2) is 0 Å². The molecule has 3 rings (SSSR count). The van der Waals surface area contributed by atoms with Gasteiger partial charge < -0.3 is 10.0 Å². The molecular formula is C17H16I2N2O4S. The van der Waals surface area contributed by atoms with E-state index in [9.17, 15) is 19.5 Å². The smallest absolute Gasteiger partial charge is 0.294 e. The highest BCUT2D eigenvalue weighted by Crippen LogP contribution is 2.35. The Morgan fingerprint density at radius 1 is 1.19 bits per heavy atom. The van der Waals surface area contributed by atoms with Gasteiger partial charge in [-0.05, 0) is 94.4 Å². The fraction of sp³-hybridized carbons (Fsp3) is 0.353. The van der Waals surface area contributed by atoms with Crippen LogP contribution in [0.4, 0.5) is 4.79 Å². The molecule has 0 aliphatic carbocycles. The van der Waals surface area contributed by atoms with Crippen LogP contribution in [-0.4, -0.2) is 51.6 Å². The van der Waals surface area contributed by atoms with E-state index in [1.807, 2.05) is 28.7 Å². The second-order valence-corrected chi connectivity index (χ2v) is 9.44.